The fourth-order valence-corrected chi connectivity index (χ4v) is 5.90. The Bertz CT molecular complexity index is 1360. The summed E-state index contributed by atoms with van der Waals surface area (Å²) in [6, 6.07) is 10.8. The Balaban J connectivity index is 1.14. The van der Waals surface area contributed by atoms with E-state index in [1.807, 2.05) is 49.1 Å². The van der Waals surface area contributed by atoms with Gasteiger partial charge in [-0.05, 0) is 47.9 Å². The van der Waals surface area contributed by atoms with Crippen LogP contribution in [0.2, 0.25) is 0 Å². The van der Waals surface area contributed by atoms with Crippen LogP contribution in [0.4, 0.5) is 4.39 Å². The summed E-state index contributed by atoms with van der Waals surface area (Å²) in [7, 11) is 0. The van der Waals surface area contributed by atoms with Crippen molar-refractivity contribution in [2.75, 3.05) is 26.2 Å². The zero-order chi connectivity index (χ0) is 26.9. The predicted octanol–water partition coefficient (Wildman–Crippen LogP) is 2.28. The molecule has 3 aliphatic rings. The highest BCUT2D eigenvalue weighted by molar-refractivity contribution is 6.05. The molecule has 2 saturated heterocycles. The number of imide groups is 1. The van der Waals surface area contributed by atoms with Gasteiger partial charge in [0.1, 0.15) is 11.9 Å². The average Bonchev–Trinajstić information content (AvgIpc) is 3.29. The van der Waals surface area contributed by atoms with Gasteiger partial charge in [0.25, 0.3) is 5.91 Å². The van der Waals surface area contributed by atoms with E-state index in [2.05, 4.69) is 25.1 Å². The maximum atomic E-state index is 15.7. The molecule has 9 nitrogen and oxygen atoms in total. The topological polar surface area (TPSA) is 98.7 Å². The van der Waals surface area contributed by atoms with Gasteiger partial charge in [-0.2, -0.15) is 0 Å². The molecule has 39 heavy (non-hydrogen) atoms. The number of carbonyl (C=O) groups is 3. The molecule has 3 aromatic rings. The molecule has 3 aliphatic heterocycles. The van der Waals surface area contributed by atoms with Crippen LogP contribution in [0.3, 0.4) is 0 Å². The quantitative estimate of drug-likeness (QED) is 0.490. The second kappa shape index (κ2) is 10.6. The van der Waals surface area contributed by atoms with E-state index >= 15 is 4.39 Å². The van der Waals surface area contributed by atoms with E-state index < -0.39 is 11.9 Å². The van der Waals surface area contributed by atoms with Gasteiger partial charge in [-0.1, -0.05) is 6.07 Å². The number of nitrogens with zero attached hydrogens (tertiary/aromatic N) is 5. The second-order valence-electron chi connectivity index (χ2n) is 10.2. The van der Waals surface area contributed by atoms with Crippen molar-refractivity contribution < 1.29 is 18.8 Å². The smallest absolute Gasteiger partial charge is 0.255 e. The Kier molecular flexibility index (Phi) is 6.88. The van der Waals surface area contributed by atoms with Crippen molar-refractivity contribution in [1.29, 1.82) is 0 Å². The maximum absolute atomic E-state index is 15.7. The van der Waals surface area contributed by atoms with Gasteiger partial charge in [-0.25, -0.2) is 4.39 Å². The van der Waals surface area contributed by atoms with Crippen LogP contribution >= 0.6 is 0 Å². The third-order valence-corrected chi connectivity index (χ3v) is 7.94. The zero-order valence-corrected chi connectivity index (χ0v) is 21.4. The summed E-state index contributed by atoms with van der Waals surface area (Å²) in [4.78, 5) is 51.2. The van der Waals surface area contributed by atoms with Crippen LogP contribution in [0.1, 0.15) is 51.5 Å². The van der Waals surface area contributed by atoms with Crippen LogP contribution in [-0.4, -0.2) is 74.6 Å². The average molecular weight is 529 g/mol. The molecule has 0 radical (unpaired) electrons. The summed E-state index contributed by atoms with van der Waals surface area (Å²) in [6.45, 7) is 3.63. The maximum Gasteiger partial charge on any atom is 0.255 e. The number of aromatic nitrogens is 2. The number of fused-ring (bicyclic) bond motifs is 1. The number of piperidine rings is 1. The van der Waals surface area contributed by atoms with Gasteiger partial charge in [0.2, 0.25) is 11.8 Å². The summed E-state index contributed by atoms with van der Waals surface area (Å²) in [5.41, 5.74) is 3.50. The minimum absolute atomic E-state index is 0.0352. The summed E-state index contributed by atoms with van der Waals surface area (Å²) < 4.78 is 15.7. The fraction of sp³-hybridized carbons (Fsp3) is 0.345. The van der Waals surface area contributed by atoms with Crippen LogP contribution in [0.5, 0.6) is 0 Å². The zero-order valence-electron chi connectivity index (χ0n) is 21.4. The first-order valence-electron chi connectivity index (χ1n) is 13.2. The van der Waals surface area contributed by atoms with E-state index in [9.17, 15) is 14.4 Å². The molecule has 1 N–H and O–H groups in total. The highest BCUT2D eigenvalue weighted by atomic mass is 19.1. The second-order valence-corrected chi connectivity index (χ2v) is 10.2. The first-order valence-corrected chi connectivity index (χ1v) is 13.2. The highest BCUT2D eigenvalue weighted by Gasteiger charge is 2.40. The molecule has 2 aromatic heterocycles. The molecular formula is C29H29FN6O3. The van der Waals surface area contributed by atoms with E-state index in [0.717, 1.165) is 26.2 Å². The third-order valence-electron chi connectivity index (χ3n) is 7.94. The molecule has 0 saturated carbocycles. The lowest BCUT2D eigenvalue weighted by Crippen LogP contribution is -2.52. The summed E-state index contributed by atoms with van der Waals surface area (Å²) in [6.07, 6.45) is 7.65. The molecule has 5 heterocycles. The van der Waals surface area contributed by atoms with E-state index in [4.69, 9.17) is 0 Å². The van der Waals surface area contributed by atoms with Crippen molar-refractivity contribution in [2.24, 2.45) is 0 Å². The van der Waals surface area contributed by atoms with E-state index in [1.54, 1.807) is 12.1 Å². The molecule has 1 unspecified atom stereocenters. The Morgan fingerprint density at radius 1 is 0.897 bits per heavy atom. The lowest BCUT2D eigenvalue weighted by atomic mass is 9.98. The number of carbonyl (C=O) groups excluding carboxylic acids is 3. The van der Waals surface area contributed by atoms with Crippen molar-refractivity contribution in [2.45, 2.75) is 38.0 Å². The minimum atomic E-state index is -0.757. The van der Waals surface area contributed by atoms with Crippen molar-refractivity contribution in [1.82, 2.24) is 30.0 Å². The summed E-state index contributed by atoms with van der Waals surface area (Å²) >= 11 is 0. The summed E-state index contributed by atoms with van der Waals surface area (Å²) in [5, 5.41) is 2.28. The molecule has 6 rings (SSSR count). The SMILES string of the molecule is O=C1CCC(N2Cc3c(ccc(CN4CCN(C(c5ccncc5)c5ccncc5)CC4)c3F)C2=O)C(=O)N1. The van der Waals surface area contributed by atoms with Gasteiger partial charge < -0.3 is 4.90 Å². The first kappa shape index (κ1) is 25.3. The first-order chi connectivity index (χ1) is 19.0. The van der Waals surface area contributed by atoms with E-state index in [1.165, 1.54) is 16.0 Å². The van der Waals surface area contributed by atoms with Crippen molar-refractivity contribution in [3.05, 3.63) is 94.8 Å². The lowest BCUT2D eigenvalue weighted by molar-refractivity contribution is -0.136. The number of rotatable bonds is 6. The number of hydrogen-bond donors (Lipinski definition) is 1. The largest absolute Gasteiger partial charge is 0.322 e. The number of hydrogen-bond acceptors (Lipinski definition) is 7. The Hall–Kier alpha value is -4.02. The van der Waals surface area contributed by atoms with E-state index in [-0.39, 0.29) is 43.1 Å². The van der Waals surface area contributed by atoms with Crippen LogP contribution in [-0.2, 0) is 22.7 Å². The van der Waals surface area contributed by atoms with Crippen LogP contribution < -0.4 is 5.32 Å². The van der Waals surface area contributed by atoms with Crippen LogP contribution in [0, 0.1) is 5.82 Å². The van der Waals surface area contributed by atoms with Crippen molar-refractivity contribution in [3.8, 4) is 0 Å². The lowest BCUT2D eigenvalue weighted by Gasteiger charge is -2.39. The number of piperazine rings is 1. The molecule has 10 heteroatoms. The van der Waals surface area contributed by atoms with Crippen LogP contribution in [0.15, 0.2) is 61.2 Å². The number of amides is 3. The molecule has 0 bridgehead atoms. The number of nitrogens with one attached hydrogen (secondary N) is 1. The number of benzene rings is 1. The van der Waals surface area contributed by atoms with E-state index in [0.29, 0.717) is 23.2 Å². The summed E-state index contributed by atoms with van der Waals surface area (Å²) in [5.74, 6) is -1.59. The molecule has 2 fully saturated rings. The van der Waals surface area contributed by atoms with Gasteiger partial charge in [-0.15, -0.1) is 0 Å². The Labute approximate surface area is 225 Å². The number of halogens is 1. The van der Waals surface area contributed by atoms with Crippen molar-refractivity contribution >= 4 is 17.7 Å². The standard InChI is InChI=1S/C29H29FN6O3/c30-26-21(1-2-22-23(26)18-36(29(22)39)24-3-4-25(37)33-28(24)38)17-34-13-15-35(16-14-34)27(19-5-9-31-10-6-19)20-7-11-32-12-8-20/h1-2,5-12,24,27H,3-4,13-18H2,(H,33,37,38). The highest BCUT2D eigenvalue weighted by Crippen LogP contribution is 2.32. The molecule has 0 aliphatic carbocycles. The van der Waals surface area contributed by atoms with Gasteiger partial charge >= 0.3 is 0 Å². The molecular weight excluding hydrogens is 499 g/mol. The van der Waals surface area contributed by atoms with Gasteiger partial charge in [0, 0.05) is 80.6 Å². The normalized spacial score (nSPS) is 20.4. The van der Waals surface area contributed by atoms with Crippen LogP contribution in [0.25, 0.3) is 0 Å². The molecule has 3 amide bonds. The van der Waals surface area contributed by atoms with Crippen molar-refractivity contribution in [3.63, 3.8) is 0 Å². The van der Waals surface area contributed by atoms with Gasteiger partial charge in [0.15, 0.2) is 0 Å². The third kappa shape index (κ3) is 4.93. The number of pyridine rings is 2. The van der Waals surface area contributed by atoms with Gasteiger partial charge in [-0.3, -0.25) is 39.5 Å². The fourth-order valence-electron chi connectivity index (χ4n) is 5.90. The molecule has 1 atom stereocenters. The Morgan fingerprint density at radius 3 is 2.15 bits per heavy atom. The Morgan fingerprint density at radius 2 is 1.54 bits per heavy atom. The predicted molar refractivity (Wildman–Crippen MR) is 140 cm³/mol. The monoisotopic (exact) mass is 528 g/mol. The molecule has 0 spiro atoms. The minimum Gasteiger partial charge on any atom is -0.322 e. The molecule has 1 aromatic carbocycles. The van der Waals surface area contributed by atoms with Gasteiger partial charge in [0.05, 0.1) is 12.6 Å². The molecule has 200 valence electrons.